The highest BCUT2D eigenvalue weighted by molar-refractivity contribution is 5.93. The third-order valence-electron chi connectivity index (χ3n) is 5.11. The number of amides is 2. The van der Waals surface area contributed by atoms with E-state index in [-0.39, 0.29) is 30.9 Å². The summed E-state index contributed by atoms with van der Waals surface area (Å²) in [6.07, 6.45) is 0. The summed E-state index contributed by atoms with van der Waals surface area (Å²) in [6.45, 7) is 9.20. The Labute approximate surface area is 173 Å². The summed E-state index contributed by atoms with van der Waals surface area (Å²) < 4.78 is 5.26. The summed E-state index contributed by atoms with van der Waals surface area (Å²) in [7, 11) is 1.57. The second-order valence-electron chi connectivity index (χ2n) is 7.34. The first-order valence-corrected chi connectivity index (χ1v) is 9.97. The number of rotatable bonds is 9. The van der Waals surface area contributed by atoms with Crippen molar-refractivity contribution in [2.24, 2.45) is 0 Å². The molecule has 2 aromatic carbocycles. The van der Waals surface area contributed by atoms with Crippen molar-refractivity contribution in [2.75, 3.05) is 32.1 Å². The van der Waals surface area contributed by atoms with Crippen molar-refractivity contribution in [3.05, 3.63) is 59.2 Å². The highest BCUT2D eigenvalue weighted by Crippen LogP contribution is 2.22. The van der Waals surface area contributed by atoms with Gasteiger partial charge in [-0.2, -0.15) is 0 Å². The van der Waals surface area contributed by atoms with E-state index in [2.05, 4.69) is 36.6 Å². The van der Waals surface area contributed by atoms with Crippen LogP contribution < -0.4 is 20.3 Å². The number of aryl methyl sites for hydroxylation is 2. The Bertz CT molecular complexity index is 851. The fourth-order valence-corrected chi connectivity index (χ4v) is 3.12. The second kappa shape index (κ2) is 10.6. The first-order chi connectivity index (χ1) is 13.8. The van der Waals surface area contributed by atoms with Gasteiger partial charge in [0.25, 0.3) is 11.8 Å². The van der Waals surface area contributed by atoms with E-state index in [9.17, 15) is 9.59 Å². The van der Waals surface area contributed by atoms with Gasteiger partial charge in [0.2, 0.25) is 0 Å². The SMILES string of the molecule is CC[NH+](CC(=O)Nc1ccccc1OC)CC(=O)N[C@@H](C)c1ccc(C)c(C)c1. The van der Waals surface area contributed by atoms with E-state index in [1.54, 1.807) is 19.2 Å². The molecule has 3 N–H and O–H groups in total. The Morgan fingerprint density at radius 3 is 2.38 bits per heavy atom. The van der Waals surface area contributed by atoms with Crippen molar-refractivity contribution in [1.29, 1.82) is 0 Å². The molecule has 2 rings (SSSR count). The summed E-state index contributed by atoms with van der Waals surface area (Å²) in [5, 5.41) is 5.90. The van der Waals surface area contributed by atoms with Crippen LogP contribution in [0, 0.1) is 13.8 Å². The molecular weight excluding hydrogens is 366 g/mol. The van der Waals surface area contributed by atoms with Crippen LogP contribution in [0.2, 0.25) is 0 Å². The van der Waals surface area contributed by atoms with E-state index in [0.29, 0.717) is 18.0 Å². The lowest BCUT2D eigenvalue weighted by molar-refractivity contribution is -0.881. The fourth-order valence-electron chi connectivity index (χ4n) is 3.12. The number of carbonyl (C=O) groups is 2. The Balaban J connectivity index is 1.90. The van der Waals surface area contributed by atoms with E-state index in [1.165, 1.54) is 11.1 Å². The Morgan fingerprint density at radius 2 is 1.72 bits per heavy atom. The maximum absolute atomic E-state index is 12.5. The second-order valence-corrected chi connectivity index (χ2v) is 7.34. The zero-order valence-corrected chi connectivity index (χ0v) is 18.0. The average molecular weight is 399 g/mol. The monoisotopic (exact) mass is 398 g/mol. The van der Waals surface area contributed by atoms with Gasteiger partial charge in [-0.3, -0.25) is 9.59 Å². The van der Waals surface area contributed by atoms with Crippen LogP contribution in [0.1, 0.15) is 36.6 Å². The van der Waals surface area contributed by atoms with Gasteiger partial charge in [-0.1, -0.05) is 30.3 Å². The molecule has 0 bridgehead atoms. The number of benzene rings is 2. The van der Waals surface area contributed by atoms with Crippen molar-refractivity contribution in [3.63, 3.8) is 0 Å². The summed E-state index contributed by atoms with van der Waals surface area (Å²) in [4.78, 5) is 25.8. The predicted molar refractivity (Wildman–Crippen MR) is 115 cm³/mol. The van der Waals surface area contributed by atoms with Crippen LogP contribution >= 0.6 is 0 Å². The Morgan fingerprint density at radius 1 is 1.03 bits per heavy atom. The molecule has 0 radical (unpaired) electrons. The minimum absolute atomic E-state index is 0.0716. The molecule has 6 heteroatoms. The molecule has 0 aliphatic carbocycles. The third kappa shape index (κ3) is 6.61. The van der Waals surface area contributed by atoms with Crippen LogP contribution in [-0.4, -0.2) is 38.6 Å². The van der Waals surface area contributed by atoms with E-state index in [4.69, 9.17) is 4.74 Å². The number of anilines is 1. The highest BCUT2D eigenvalue weighted by Gasteiger charge is 2.19. The Kier molecular flexibility index (Phi) is 8.21. The standard InChI is InChI=1S/C23H31N3O3/c1-6-26(15-23(28)25-20-9-7-8-10-21(20)29-5)14-22(27)24-18(4)19-12-11-16(2)17(3)13-19/h7-13,18H,6,14-15H2,1-5H3,(H,24,27)(H,25,28)/p+1/t18-/m0/s1. The van der Waals surface area contributed by atoms with Gasteiger partial charge in [0.15, 0.2) is 13.1 Å². The molecule has 2 amide bonds. The first kappa shape index (κ1) is 22.4. The molecule has 0 fully saturated rings. The number of methoxy groups -OCH3 is 1. The molecule has 0 saturated carbocycles. The zero-order chi connectivity index (χ0) is 21.4. The van der Waals surface area contributed by atoms with E-state index in [1.807, 2.05) is 32.0 Å². The predicted octanol–water partition coefficient (Wildman–Crippen LogP) is 2.03. The van der Waals surface area contributed by atoms with Crippen molar-refractivity contribution in [3.8, 4) is 5.75 Å². The van der Waals surface area contributed by atoms with Gasteiger partial charge < -0.3 is 20.3 Å². The summed E-state index contributed by atoms with van der Waals surface area (Å²) in [5.74, 6) is 0.387. The number of carbonyl (C=O) groups excluding carboxylic acids is 2. The third-order valence-corrected chi connectivity index (χ3v) is 5.11. The summed E-state index contributed by atoms with van der Waals surface area (Å²) in [6, 6.07) is 13.4. The lowest BCUT2D eigenvalue weighted by atomic mass is 10.0. The number of quaternary nitrogens is 1. The summed E-state index contributed by atoms with van der Waals surface area (Å²) in [5.41, 5.74) is 4.14. The van der Waals surface area contributed by atoms with Crippen LogP contribution in [0.3, 0.4) is 0 Å². The lowest BCUT2D eigenvalue weighted by Crippen LogP contribution is -3.14. The average Bonchev–Trinajstić information content (AvgIpc) is 2.69. The minimum atomic E-state index is -0.152. The van der Waals surface area contributed by atoms with Crippen LogP contribution in [0.4, 0.5) is 5.69 Å². The number of hydrogen-bond donors (Lipinski definition) is 3. The largest absolute Gasteiger partial charge is 0.495 e. The molecule has 0 aliphatic rings. The van der Waals surface area contributed by atoms with Gasteiger partial charge in [-0.15, -0.1) is 0 Å². The van der Waals surface area contributed by atoms with E-state index < -0.39 is 0 Å². The number of nitrogens with one attached hydrogen (secondary N) is 3. The zero-order valence-electron chi connectivity index (χ0n) is 18.0. The van der Waals surface area contributed by atoms with Crippen LogP contribution in [-0.2, 0) is 9.59 Å². The molecule has 0 aromatic heterocycles. The molecule has 0 heterocycles. The van der Waals surface area contributed by atoms with Crippen molar-refractivity contribution in [1.82, 2.24) is 5.32 Å². The molecule has 2 aromatic rings. The van der Waals surface area contributed by atoms with Gasteiger partial charge in [-0.25, -0.2) is 0 Å². The fraction of sp³-hybridized carbons (Fsp3) is 0.391. The Hall–Kier alpha value is -2.86. The summed E-state index contributed by atoms with van der Waals surface area (Å²) >= 11 is 0. The van der Waals surface area contributed by atoms with Crippen molar-refractivity contribution >= 4 is 17.5 Å². The van der Waals surface area contributed by atoms with Gasteiger partial charge in [0, 0.05) is 0 Å². The highest BCUT2D eigenvalue weighted by atomic mass is 16.5. The molecule has 29 heavy (non-hydrogen) atoms. The maximum Gasteiger partial charge on any atom is 0.279 e. The first-order valence-electron chi connectivity index (χ1n) is 9.97. The molecule has 2 atom stereocenters. The van der Waals surface area contributed by atoms with Gasteiger partial charge in [0.1, 0.15) is 5.75 Å². The normalized spacial score (nSPS) is 12.7. The van der Waals surface area contributed by atoms with Gasteiger partial charge >= 0.3 is 0 Å². The van der Waals surface area contributed by atoms with Crippen molar-refractivity contribution in [2.45, 2.75) is 33.7 Å². The van der Waals surface area contributed by atoms with E-state index >= 15 is 0 Å². The van der Waals surface area contributed by atoms with Crippen LogP contribution in [0.15, 0.2) is 42.5 Å². The van der Waals surface area contributed by atoms with Crippen LogP contribution in [0.5, 0.6) is 5.75 Å². The molecule has 0 saturated heterocycles. The molecule has 0 spiro atoms. The van der Waals surface area contributed by atoms with E-state index in [0.717, 1.165) is 10.5 Å². The lowest BCUT2D eigenvalue weighted by Gasteiger charge is -2.20. The topological polar surface area (TPSA) is 71.9 Å². The molecule has 6 nitrogen and oxygen atoms in total. The van der Waals surface area contributed by atoms with Crippen molar-refractivity contribution < 1.29 is 19.2 Å². The number of hydrogen-bond acceptors (Lipinski definition) is 3. The van der Waals surface area contributed by atoms with Crippen LogP contribution in [0.25, 0.3) is 0 Å². The van der Waals surface area contributed by atoms with Gasteiger partial charge in [-0.05, 0) is 56.5 Å². The smallest absolute Gasteiger partial charge is 0.279 e. The number of ether oxygens (including phenoxy) is 1. The molecule has 0 aliphatic heterocycles. The molecular formula is C23H32N3O3+. The number of likely N-dealkylation sites (N-methyl/N-ethyl adjacent to an activating group) is 1. The van der Waals surface area contributed by atoms with Gasteiger partial charge in [0.05, 0.1) is 25.4 Å². The maximum atomic E-state index is 12.5. The molecule has 156 valence electrons. The molecule has 1 unspecified atom stereocenters. The minimum Gasteiger partial charge on any atom is -0.495 e. The number of para-hydroxylation sites is 2. The quantitative estimate of drug-likeness (QED) is 0.605.